The molecule has 0 aromatic heterocycles. The standard InChI is InChI=1S/C22H21ClN2O5S/c1-14-3-9-18(12-21(14)31(24,27)28)25-22(26)16-6-10-19(20(11-16)29-2)30-13-15-4-7-17(23)8-5-15/h3-12H,13H2,1-2H3,(H,25,26)(H2,24,27,28). The topological polar surface area (TPSA) is 108 Å². The predicted molar refractivity (Wildman–Crippen MR) is 119 cm³/mol. The lowest BCUT2D eigenvalue weighted by molar-refractivity contribution is 0.102. The zero-order chi connectivity index (χ0) is 22.6. The normalized spacial score (nSPS) is 11.1. The molecule has 3 N–H and O–H groups in total. The number of hydrogen-bond acceptors (Lipinski definition) is 5. The number of ether oxygens (including phenoxy) is 2. The first-order valence-corrected chi connectivity index (χ1v) is 11.1. The Morgan fingerprint density at radius 1 is 1.03 bits per heavy atom. The minimum absolute atomic E-state index is 0.0474. The van der Waals surface area contributed by atoms with Crippen LogP contribution in [0.1, 0.15) is 21.5 Å². The van der Waals surface area contributed by atoms with Crippen LogP contribution < -0.4 is 19.9 Å². The van der Waals surface area contributed by atoms with E-state index in [-0.39, 0.29) is 4.90 Å². The van der Waals surface area contributed by atoms with Crippen LogP contribution in [0.4, 0.5) is 5.69 Å². The van der Waals surface area contributed by atoms with E-state index in [9.17, 15) is 13.2 Å². The number of carbonyl (C=O) groups is 1. The Morgan fingerprint density at radius 2 is 1.74 bits per heavy atom. The highest BCUT2D eigenvalue weighted by Crippen LogP contribution is 2.29. The maximum atomic E-state index is 12.7. The average molecular weight is 461 g/mol. The molecule has 0 spiro atoms. The molecule has 0 radical (unpaired) electrons. The molecular weight excluding hydrogens is 440 g/mol. The third kappa shape index (κ3) is 5.75. The third-order valence-corrected chi connectivity index (χ3v) is 5.79. The number of halogens is 1. The smallest absolute Gasteiger partial charge is 0.255 e. The fourth-order valence-electron chi connectivity index (χ4n) is 2.86. The molecule has 3 aromatic rings. The van der Waals surface area contributed by atoms with Crippen LogP contribution in [0.25, 0.3) is 0 Å². The van der Waals surface area contributed by atoms with Crippen LogP contribution in [0.2, 0.25) is 5.02 Å². The number of benzene rings is 3. The lowest BCUT2D eigenvalue weighted by Crippen LogP contribution is -2.16. The summed E-state index contributed by atoms with van der Waals surface area (Å²) in [5.74, 6) is 0.420. The molecule has 7 nitrogen and oxygen atoms in total. The van der Waals surface area contributed by atoms with Crippen molar-refractivity contribution in [1.29, 1.82) is 0 Å². The van der Waals surface area contributed by atoms with E-state index in [4.69, 9.17) is 26.2 Å². The first kappa shape index (κ1) is 22.6. The zero-order valence-electron chi connectivity index (χ0n) is 16.9. The molecule has 0 aliphatic carbocycles. The molecular formula is C22H21ClN2O5S. The van der Waals surface area contributed by atoms with Gasteiger partial charge in [-0.1, -0.05) is 29.8 Å². The highest BCUT2D eigenvalue weighted by molar-refractivity contribution is 7.89. The summed E-state index contributed by atoms with van der Waals surface area (Å²) in [6.45, 7) is 1.93. The van der Waals surface area contributed by atoms with Gasteiger partial charge in [0.25, 0.3) is 5.91 Å². The van der Waals surface area contributed by atoms with Crippen molar-refractivity contribution in [2.45, 2.75) is 18.4 Å². The summed E-state index contributed by atoms with van der Waals surface area (Å²) in [6, 6.07) is 16.5. The number of methoxy groups -OCH3 is 1. The number of amides is 1. The summed E-state index contributed by atoms with van der Waals surface area (Å²) in [6.07, 6.45) is 0. The van der Waals surface area contributed by atoms with E-state index < -0.39 is 15.9 Å². The number of primary sulfonamides is 1. The molecule has 0 fully saturated rings. The maximum absolute atomic E-state index is 12.7. The minimum atomic E-state index is -3.90. The number of rotatable bonds is 7. The zero-order valence-corrected chi connectivity index (χ0v) is 18.5. The van der Waals surface area contributed by atoms with Crippen LogP contribution in [-0.4, -0.2) is 21.4 Å². The fourth-order valence-corrected chi connectivity index (χ4v) is 3.79. The van der Waals surface area contributed by atoms with Crippen molar-refractivity contribution < 1.29 is 22.7 Å². The van der Waals surface area contributed by atoms with Crippen LogP contribution in [-0.2, 0) is 16.6 Å². The van der Waals surface area contributed by atoms with Gasteiger partial charge in [-0.05, 0) is 60.5 Å². The van der Waals surface area contributed by atoms with Gasteiger partial charge in [0, 0.05) is 16.3 Å². The number of sulfonamides is 1. The number of carbonyl (C=O) groups excluding carboxylic acids is 1. The van der Waals surface area contributed by atoms with Gasteiger partial charge in [0.2, 0.25) is 10.0 Å². The summed E-state index contributed by atoms with van der Waals surface area (Å²) in [7, 11) is -2.42. The van der Waals surface area contributed by atoms with Crippen molar-refractivity contribution in [2.24, 2.45) is 5.14 Å². The van der Waals surface area contributed by atoms with E-state index >= 15 is 0 Å². The van der Waals surface area contributed by atoms with E-state index in [1.54, 1.807) is 49.4 Å². The molecule has 0 bridgehead atoms. The number of nitrogens with two attached hydrogens (primary N) is 1. The van der Waals surface area contributed by atoms with Crippen molar-refractivity contribution in [3.63, 3.8) is 0 Å². The second-order valence-corrected chi connectivity index (χ2v) is 8.73. The van der Waals surface area contributed by atoms with Crippen LogP contribution >= 0.6 is 11.6 Å². The molecule has 0 unspecified atom stereocenters. The lowest BCUT2D eigenvalue weighted by Gasteiger charge is -2.13. The number of hydrogen-bond donors (Lipinski definition) is 2. The highest BCUT2D eigenvalue weighted by atomic mass is 35.5. The minimum Gasteiger partial charge on any atom is -0.493 e. The van der Waals surface area contributed by atoms with Gasteiger partial charge in [0.1, 0.15) is 6.61 Å². The van der Waals surface area contributed by atoms with Crippen LogP contribution in [0.5, 0.6) is 11.5 Å². The molecule has 0 aliphatic heterocycles. The van der Waals surface area contributed by atoms with Gasteiger partial charge in [-0.2, -0.15) is 0 Å². The molecule has 3 rings (SSSR count). The summed E-state index contributed by atoms with van der Waals surface area (Å²) in [4.78, 5) is 12.6. The molecule has 31 heavy (non-hydrogen) atoms. The number of anilines is 1. The van der Waals surface area contributed by atoms with E-state index in [1.165, 1.54) is 13.2 Å². The van der Waals surface area contributed by atoms with Gasteiger partial charge in [0.15, 0.2) is 11.5 Å². The Morgan fingerprint density at radius 3 is 2.39 bits per heavy atom. The Labute approximate surface area is 185 Å². The summed E-state index contributed by atoms with van der Waals surface area (Å²) in [5.41, 5.74) is 2.04. The molecule has 1 amide bonds. The third-order valence-electron chi connectivity index (χ3n) is 4.49. The Hall–Kier alpha value is -3.07. The molecule has 162 valence electrons. The average Bonchev–Trinajstić information content (AvgIpc) is 2.73. The van der Waals surface area contributed by atoms with E-state index in [1.807, 2.05) is 12.1 Å². The summed E-state index contributed by atoms with van der Waals surface area (Å²) < 4.78 is 34.5. The van der Waals surface area contributed by atoms with E-state index in [0.717, 1.165) is 5.56 Å². The molecule has 9 heteroatoms. The van der Waals surface area contributed by atoms with Crippen molar-refractivity contribution in [2.75, 3.05) is 12.4 Å². The molecule has 0 atom stereocenters. The Balaban J connectivity index is 1.75. The number of nitrogens with one attached hydrogen (secondary N) is 1. The van der Waals surface area contributed by atoms with Crippen molar-refractivity contribution >= 4 is 33.2 Å². The van der Waals surface area contributed by atoms with Crippen molar-refractivity contribution in [3.05, 3.63) is 82.4 Å². The van der Waals surface area contributed by atoms with E-state index in [2.05, 4.69) is 5.32 Å². The van der Waals surface area contributed by atoms with Crippen molar-refractivity contribution in [1.82, 2.24) is 0 Å². The lowest BCUT2D eigenvalue weighted by atomic mass is 10.1. The van der Waals surface area contributed by atoms with Gasteiger partial charge in [0.05, 0.1) is 12.0 Å². The summed E-state index contributed by atoms with van der Waals surface area (Å²) >= 11 is 5.89. The Kier molecular flexibility index (Phi) is 6.84. The van der Waals surface area contributed by atoms with Gasteiger partial charge < -0.3 is 14.8 Å². The molecule has 0 saturated heterocycles. The van der Waals surface area contributed by atoms with Crippen molar-refractivity contribution in [3.8, 4) is 11.5 Å². The number of aryl methyl sites for hydroxylation is 1. The molecule has 0 aliphatic rings. The quantitative estimate of drug-likeness (QED) is 0.551. The van der Waals surface area contributed by atoms with Crippen LogP contribution in [0, 0.1) is 6.92 Å². The monoisotopic (exact) mass is 460 g/mol. The van der Waals surface area contributed by atoms with Crippen LogP contribution in [0.15, 0.2) is 65.6 Å². The van der Waals surface area contributed by atoms with Gasteiger partial charge in [-0.25, -0.2) is 13.6 Å². The Bertz CT molecular complexity index is 1210. The maximum Gasteiger partial charge on any atom is 0.255 e. The van der Waals surface area contributed by atoms with E-state index in [0.29, 0.717) is 39.9 Å². The fraction of sp³-hybridized carbons (Fsp3) is 0.136. The summed E-state index contributed by atoms with van der Waals surface area (Å²) in [5, 5.41) is 8.53. The first-order valence-electron chi connectivity index (χ1n) is 9.17. The largest absolute Gasteiger partial charge is 0.493 e. The second-order valence-electron chi connectivity index (χ2n) is 6.76. The van der Waals surface area contributed by atoms with Gasteiger partial charge in [-0.15, -0.1) is 0 Å². The highest BCUT2D eigenvalue weighted by Gasteiger charge is 2.15. The van der Waals surface area contributed by atoms with Crippen LogP contribution in [0.3, 0.4) is 0 Å². The van der Waals surface area contributed by atoms with Gasteiger partial charge >= 0.3 is 0 Å². The predicted octanol–water partition coefficient (Wildman–Crippen LogP) is 4.14. The SMILES string of the molecule is COc1cc(C(=O)Nc2ccc(C)c(S(N)(=O)=O)c2)ccc1OCc1ccc(Cl)cc1. The first-order chi connectivity index (χ1) is 14.7. The molecule has 0 saturated carbocycles. The van der Waals surface area contributed by atoms with Gasteiger partial charge in [-0.3, -0.25) is 4.79 Å². The second kappa shape index (κ2) is 9.38. The molecule has 0 heterocycles. The molecule has 3 aromatic carbocycles.